The summed E-state index contributed by atoms with van der Waals surface area (Å²) in [5, 5.41) is 18.8. The van der Waals surface area contributed by atoms with Crippen molar-refractivity contribution in [3.8, 4) is 0 Å². The normalized spacial score (nSPS) is 28.6. The van der Waals surface area contributed by atoms with E-state index in [0.29, 0.717) is 19.0 Å². The first-order chi connectivity index (χ1) is 11.2. The monoisotopic (exact) mass is 324 g/mol. The molecule has 0 saturated carbocycles. The number of hydrogen-bond acceptors (Lipinski definition) is 7. The zero-order chi connectivity index (χ0) is 16.2. The summed E-state index contributed by atoms with van der Waals surface area (Å²) in [6, 6.07) is 1.61. The molecule has 0 aliphatic carbocycles. The molecule has 0 radical (unpaired) electrons. The van der Waals surface area contributed by atoms with Gasteiger partial charge in [0.25, 0.3) is 0 Å². The van der Waals surface area contributed by atoms with E-state index in [2.05, 4.69) is 9.98 Å². The van der Waals surface area contributed by atoms with E-state index < -0.39 is 24.1 Å². The van der Waals surface area contributed by atoms with Gasteiger partial charge in [-0.2, -0.15) is 4.98 Å². The second kappa shape index (κ2) is 7.18. The lowest BCUT2D eigenvalue weighted by molar-refractivity contribution is -0.0458. The Morgan fingerprint density at radius 1 is 1.43 bits per heavy atom. The number of ether oxygens (including phenoxy) is 2. The standard InChI is InChI=1S/C14H20N4O5/c19-8-11-10(20)7-13(23-11)18-2-1-12(16-14(18)21)15-9-17-3-5-22-6-4-17/h1-2,9-11,13,19-20H,3-8H2. The zero-order valence-electron chi connectivity index (χ0n) is 12.6. The second-order valence-corrected chi connectivity index (χ2v) is 5.48. The van der Waals surface area contributed by atoms with Gasteiger partial charge in [-0.3, -0.25) is 4.57 Å². The minimum atomic E-state index is -0.795. The van der Waals surface area contributed by atoms with Crippen molar-refractivity contribution in [1.82, 2.24) is 14.5 Å². The van der Waals surface area contributed by atoms with Crippen LogP contribution in [0.5, 0.6) is 0 Å². The highest BCUT2D eigenvalue weighted by Crippen LogP contribution is 2.27. The lowest BCUT2D eigenvalue weighted by Gasteiger charge is -2.23. The van der Waals surface area contributed by atoms with Crippen LogP contribution in [0.2, 0.25) is 0 Å². The van der Waals surface area contributed by atoms with Gasteiger partial charge in [0, 0.05) is 25.7 Å². The van der Waals surface area contributed by atoms with E-state index in [0.717, 1.165) is 13.1 Å². The number of aliphatic imine (C=N–C) groups is 1. The molecule has 3 rings (SSSR count). The summed E-state index contributed by atoms with van der Waals surface area (Å²) in [5.74, 6) is 0.315. The van der Waals surface area contributed by atoms with Crippen molar-refractivity contribution in [1.29, 1.82) is 0 Å². The Hall–Kier alpha value is -1.81. The van der Waals surface area contributed by atoms with Gasteiger partial charge in [-0.25, -0.2) is 9.79 Å². The van der Waals surface area contributed by atoms with Crippen LogP contribution in [0, 0.1) is 0 Å². The molecule has 126 valence electrons. The highest BCUT2D eigenvalue weighted by atomic mass is 16.5. The average Bonchev–Trinajstić information content (AvgIpc) is 2.94. The largest absolute Gasteiger partial charge is 0.394 e. The Morgan fingerprint density at radius 2 is 2.22 bits per heavy atom. The van der Waals surface area contributed by atoms with Crippen LogP contribution in [0.25, 0.3) is 0 Å². The van der Waals surface area contributed by atoms with E-state index in [1.807, 2.05) is 4.90 Å². The second-order valence-electron chi connectivity index (χ2n) is 5.48. The molecule has 2 fully saturated rings. The number of morpholine rings is 1. The van der Waals surface area contributed by atoms with Gasteiger partial charge in [0.05, 0.1) is 32.3 Å². The van der Waals surface area contributed by atoms with Gasteiger partial charge in [0.15, 0.2) is 5.82 Å². The molecule has 1 aromatic rings. The third kappa shape index (κ3) is 3.75. The van der Waals surface area contributed by atoms with Crippen molar-refractivity contribution in [2.45, 2.75) is 24.9 Å². The number of aliphatic hydroxyl groups excluding tert-OH is 2. The van der Waals surface area contributed by atoms with Gasteiger partial charge < -0.3 is 24.6 Å². The molecule has 2 aliphatic heterocycles. The summed E-state index contributed by atoms with van der Waals surface area (Å²) in [6.07, 6.45) is 1.34. The van der Waals surface area contributed by atoms with Crippen molar-refractivity contribution in [3.63, 3.8) is 0 Å². The average molecular weight is 324 g/mol. The molecule has 0 amide bonds. The van der Waals surface area contributed by atoms with Crippen LogP contribution in [-0.4, -0.2) is 76.1 Å². The highest BCUT2D eigenvalue weighted by molar-refractivity contribution is 5.59. The number of nitrogens with zero attached hydrogens (tertiary/aromatic N) is 4. The third-order valence-corrected chi connectivity index (χ3v) is 3.91. The fourth-order valence-corrected chi connectivity index (χ4v) is 2.58. The minimum absolute atomic E-state index is 0.239. The molecule has 9 heteroatoms. The van der Waals surface area contributed by atoms with Gasteiger partial charge in [0.2, 0.25) is 0 Å². The van der Waals surface area contributed by atoms with E-state index in [4.69, 9.17) is 14.6 Å². The van der Waals surface area contributed by atoms with Gasteiger partial charge in [-0.05, 0) is 6.07 Å². The Kier molecular flexibility index (Phi) is 5.01. The summed E-state index contributed by atoms with van der Waals surface area (Å²) < 4.78 is 12.0. The Balaban J connectivity index is 1.68. The fraction of sp³-hybridized carbons (Fsp3) is 0.643. The molecule has 2 N–H and O–H groups in total. The van der Waals surface area contributed by atoms with Gasteiger partial charge in [-0.1, -0.05) is 0 Å². The van der Waals surface area contributed by atoms with Crippen molar-refractivity contribution < 1.29 is 19.7 Å². The van der Waals surface area contributed by atoms with Crippen LogP contribution in [0.3, 0.4) is 0 Å². The Morgan fingerprint density at radius 3 is 2.87 bits per heavy atom. The van der Waals surface area contributed by atoms with Crippen LogP contribution >= 0.6 is 0 Å². The molecule has 3 unspecified atom stereocenters. The maximum atomic E-state index is 12.1. The highest BCUT2D eigenvalue weighted by Gasteiger charge is 2.34. The molecule has 3 heterocycles. The minimum Gasteiger partial charge on any atom is -0.394 e. The first-order valence-corrected chi connectivity index (χ1v) is 7.57. The van der Waals surface area contributed by atoms with Crippen molar-refractivity contribution in [2.24, 2.45) is 4.99 Å². The lowest BCUT2D eigenvalue weighted by Crippen LogP contribution is -2.35. The molecule has 23 heavy (non-hydrogen) atoms. The van der Waals surface area contributed by atoms with E-state index in [-0.39, 0.29) is 13.0 Å². The van der Waals surface area contributed by atoms with Crippen molar-refractivity contribution in [2.75, 3.05) is 32.9 Å². The Labute approximate surface area is 132 Å². The van der Waals surface area contributed by atoms with Crippen LogP contribution in [0.15, 0.2) is 22.1 Å². The van der Waals surface area contributed by atoms with E-state index in [1.165, 1.54) is 4.57 Å². The molecule has 2 aliphatic rings. The number of aromatic nitrogens is 2. The van der Waals surface area contributed by atoms with E-state index in [9.17, 15) is 9.90 Å². The molecule has 2 saturated heterocycles. The number of hydrogen-bond donors (Lipinski definition) is 2. The van der Waals surface area contributed by atoms with Crippen LogP contribution < -0.4 is 5.69 Å². The summed E-state index contributed by atoms with van der Waals surface area (Å²) in [6.45, 7) is 2.55. The SMILES string of the molecule is O=c1nc(N=CN2CCOCC2)ccn1C1CC(O)C(CO)O1. The van der Waals surface area contributed by atoms with Gasteiger partial charge in [0.1, 0.15) is 12.3 Å². The predicted molar refractivity (Wildman–Crippen MR) is 80.7 cm³/mol. The Bertz CT molecular complexity index is 613. The summed E-state index contributed by atoms with van der Waals surface area (Å²) in [4.78, 5) is 22.2. The van der Waals surface area contributed by atoms with Crippen LogP contribution in [-0.2, 0) is 9.47 Å². The third-order valence-electron chi connectivity index (χ3n) is 3.91. The van der Waals surface area contributed by atoms with Crippen molar-refractivity contribution >= 4 is 12.2 Å². The van der Waals surface area contributed by atoms with Gasteiger partial charge >= 0.3 is 5.69 Å². The summed E-state index contributed by atoms with van der Waals surface area (Å²) in [5.41, 5.74) is -0.502. The number of aliphatic hydroxyl groups is 2. The molecular weight excluding hydrogens is 304 g/mol. The van der Waals surface area contributed by atoms with E-state index >= 15 is 0 Å². The van der Waals surface area contributed by atoms with E-state index in [1.54, 1.807) is 18.6 Å². The summed E-state index contributed by atoms with van der Waals surface area (Å²) >= 11 is 0. The molecule has 1 aromatic heterocycles. The molecule has 3 atom stereocenters. The van der Waals surface area contributed by atoms with Crippen molar-refractivity contribution in [3.05, 3.63) is 22.7 Å². The maximum absolute atomic E-state index is 12.1. The molecular formula is C14H20N4O5. The molecule has 0 spiro atoms. The lowest BCUT2D eigenvalue weighted by atomic mass is 10.2. The molecule has 0 aromatic carbocycles. The zero-order valence-corrected chi connectivity index (χ0v) is 12.6. The topological polar surface area (TPSA) is 109 Å². The molecule has 0 bridgehead atoms. The van der Waals surface area contributed by atoms with Gasteiger partial charge in [-0.15, -0.1) is 0 Å². The van der Waals surface area contributed by atoms with Crippen LogP contribution in [0.1, 0.15) is 12.6 Å². The fourth-order valence-electron chi connectivity index (χ4n) is 2.58. The smallest absolute Gasteiger partial charge is 0.351 e. The summed E-state index contributed by atoms with van der Waals surface area (Å²) in [7, 11) is 0. The first kappa shape index (κ1) is 16.1. The molecule has 9 nitrogen and oxygen atoms in total. The first-order valence-electron chi connectivity index (χ1n) is 7.57. The van der Waals surface area contributed by atoms with Crippen LogP contribution in [0.4, 0.5) is 5.82 Å². The maximum Gasteiger partial charge on any atom is 0.351 e. The quantitative estimate of drug-likeness (QED) is 0.533. The predicted octanol–water partition coefficient (Wildman–Crippen LogP) is -1.12. The number of rotatable bonds is 4.